The molecule has 0 aromatic heterocycles. The van der Waals surface area contributed by atoms with Crippen molar-refractivity contribution in [2.75, 3.05) is 7.11 Å². The molecule has 100 valence electrons. The lowest BCUT2D eigenvalue weighted by Gasteiger charge is -2.08. The molecule has 3 heteroatoms. The summed E-state index contributed by atoms with van der Waals surface area (Å²) in [5.74, 6) is 2.50. The lowest BCUT2D eigenvalue weighted by Crippen LogP contribution is -2.21. The predicted octanol–water partition coefficient (Wildman–Crippen LogP) is 4.09. The molecule has 0 amide bonds. The van der Waals surface area contributed by atoms with E-state index in [-0.39, 0.29) is 7.43 Å². The van der Waals surface area contributed by atoms with Gasteiger partial charge >= 0.3 is 0 Å². The fourth-order valence-corrected chi connectivity index (χ4v) is 1.70. The van der Waals surface area contributed by atoms with Crippen LogP contribution in [0.3, 0.4) is 0 Å². The standard InChI is InChI=1S/C15H17BO2.CH4/c1-16(2)12-4-6-14(7-5-12)18-15-10-8-13(17-3)9-11-15;/h4-11H,1-3H3;1H4. The third-order valence-electron chi connectivity index (χ3n) is 2.84. The minimum atomic E-state index is 0. The van der Waals surface area contributed by atoms with Crippen LogP contribution in [0.1, 0.15) is 7.43 Å². The molecular formula is C16H21BO2. The largest absolute Gasteiger partial charge is 0.497 e. The quantitative estimate of drug-likeness (QED) is 0.767. The molecule has 0 aliphatic rings. The van der Waals surface area contributed by atoms with Gasteiger partial charge in [-0.1, -0.05) is 38.7 Å². The summed E-state index contributed by atoms with van der Waals surface area (Å²) in [5, 5.41) is 0. The van der Waals surface area contributed by atoms with Crippen molar-refractivity contribution in [2.24, 2.45) is 0 Å². The highest BCUT2D eigenvalue weighted by molar-refractivity contribution is 6.70. The molecule has 2 aromatic carbocycles. The van der Waals surface area contributed by atoms with E-state index >= 15 is 0 Å². The van der Waals surface area contributed by atoms with E-state index in [9.17, 15) is 0 Å². The van der Waals surface area contributed by atoms with E-state index in [1.807, 2.05) is 36.4 Å². The summed E-state index contributed by atoms with van der Waals surface area (Å²) < 4.78 is 10.9. The van der Waals surface area contributed by atoms with Gasteiger partial charge in [0.15, 0.2) is 6.71 Å². The molecule has 19 heavy (non-hydrogen) atoms. The van der Waals surface area contributed by atoms with Gasteiger partial charge in [-0.25, -0.2) is 0 Å². The van der Waals surface area contributed by atoms with Crippen LogP contribution in [0.15, 0.2) is 48.5 Å². The zero-order valence-corrected chi connectivity index (χ0v) is 11.0. The van der Waals surface area contributed by atoms with Gasteiger partial charge in [-0.2, -0.15) is 0 Å². The maximum atomic E-state index is 5.76. The Morgan fingerprint density at radius 1 is 0.737 bits per heavy atom. The van der Waals surface area contributed by atoms with Crippen LogP contribution in [0.4, 0.5) is 0 Å². The van der Waals surface area contributed by atoms with E-state index in [1.54, 1.807) is 7.11 Å². The second-order valence-corrected chi connectivity index (χ2v) is 4.50. The highest BCUT2D eigenvalue weighted by Crippen LogP contribution is 2.23. The molecule has 0 atom stereocenters. The van der Waals surface area contributed by atoms with Crippen molar-refractivity contribution in [3.05, 3.63) is 48.5 Å². The van der Waals surface area contributed by atoms with E-state index < -0.39 is 0 Å². The molecule has 0 radical (unpaired) electrons. The Balaban J connectivity index is 0.00000180. The Bertz CT molecular complexity index is 489. The van der Waals surface area contributed by atoms with Gasteiger partial charge in [0.05, 0.1) is 7.11 Å². The first-order valence-corrected chi connectivity index (χ1v) is 6.11. The summed E-state index contributed by atoms with van der Waals surface area (Å²) in [5.41, 5.74) is 1.32. The third kappa shape index (κ3) is 4.06. The van der Waals surface area contributed by atoms with Crippen LogP contribution in [0.5, 0.6) is 17.2 Å². The van der Waals surface area contributed by atoms with Crippen LogP contribution in [0, 0.1) is 0 Å². The van der Waals surface area contributed by atoms with Crippen molar-refractivity contribution in [3.63, 3.8) is 0 Å². The first-order chi connectivity index (χ1) is 8.69. The van der Waals surface area contributed by atoms with Gasteiger partial charge in [0.2, 0.25) is 0 Å². The average molecular weight is 256 g/mol. The molecule has 0 spiro atoms. The average Bonchev–Trinajstić information content (AvgIpc) is 2.40. The predicted molar refractivity (Wildman–Crippen MR) is 83.4 cm³/mol. The molecule has 0 N–H and O–H groups in total. The summed E-state index contributed by atoms with van der Waals surface area (Å²) in [7, 11) is 1.65. The van der Waals surface area contributed by atoms with Gasteiger partial charge in [-0.05, 0) is 36.4 Å². The fourth-order valence-electron chi connectivity index (χ4n) is 1.70. The lowest BCUT2D eigenvalue weighted by atomic mass is 9.49. The lowest BCUT2D eigenvalue weighted by molar-refractivity contribution is 0.413. The van der Waals surface area contributed by atoms with Gasteiger partial charge in [-0.15, -0.1) is 0 Å². The monoisotopic (exact) mass is 256 g/mol. The highest BCUT2D eigenvalue weighted by Gasteiger charge is 2.03. The Morgan fingerprint density at radius 2 is 1.16 bits per heavy atom. The van der Waals surface area contributed by atoms with Gasteiger partial charge in [-0.3, -0.25) is 0 Å². The van der Waals surface area contributed by atoms with Gasteiger partial charge < -0.3 is 9.47 Å². The zero-order chi connectivity index (χ0) is 13.0. The first-order valence-electron chi connectivity index (χ1n) is 6.11. The molecule has 2 aromatic rings. The van der Waals surface area contributed by atoms with Crippen molar-refractivity contribution >= 4 is 12.2 Å². The smallest absolute Gasteiger partial charge is 0.169 e. The fraction of sp³-hybridized carbons (Fsp3) is 0.250. The molecule has 0 aliphatic heterocycles. The van der Waals surface area contributed by atoms with Crippen molar-refractivity contribution in [3.8, 4) is 17.2 Å². The first kappa shape index (κ1) is 15.2. The Hall–Kier alpha value is -1.90. The Labute approximate surface area is 116 Å². The summed E-state index contributed by atoms with van der Waals surface area (Å²) in [4.78, 5) is 0. The summed E-state index contributed by atoms with van der Waals surface area (Å²) in [6, 6.07) is 15.8. The number of hydrogen-bond donors (Lipinski definition) is 0. The van der Waals surface area contributed by atoms with Gasteiger partial charge in [0.1, 0.15) is 17.2 Å². The SMILES string of the molecule is C.COc1ccc(Oc2ccc(B(C)C)cc2)cc1. The molecule has 0 aliphatic carbocycles. The molecular weight excluding hydrogens is 235 g/mol. The van der Waals surface area contributed by atoms with Crippen LogP contribution >= 0.6 is 0 Å². The van der Waals surface area contributed by atoms with Crippen molar-refractivity contribution in [1.29, 1.82) is 0 Å². The second kappa shape index (κ2) is 6.88. The third-order valence-corrected chi connectivity index (χ3v) is 2.84. The van der Waals surface area contributed by atoms with E-state index in [2.05, 4.69) is 25.8 Å². The van der Waals surface area contributed by atoms with Crippen molar-refractivity contribution < 1.29 is 9.47 Å². The Morgan fingerprint density at radius 3 is 1.58 bits per heavy atom. The number of methoxy groups -OCH3 is 1. The van der Waals surface area contributed by atoms with Crippen LogP contribution < -0.4 is 14.9 Å². The maximum absolute atomic E-state index is 5.76. The van der Waals surface area contributed by atoms with Crippen LogP contribution in [0.25, 0.3) is 0 Å². The van der Waals surface area contributed by atoms with E-state index in [0.29, 0.717) is 6.71 Å². The van der Waals surface area contributed by atoms with E-state index in [1.165, 1.54) is 5.46 Å². The molecule has 2 rings (SSSR count). The van der Waals surface area contributed by atoms with Crippen LogP contribution in [-0.2, 0) is 0 Å². The van der Waals surface area contributed by atoms with Crippen LogP contribution in [-0.4, -0.2) is 13.8 Å². The Kier molecular flexibility index (Phi) is 5.49. The molecule has 0 fully saturated rings. The summed E-state index contributed by atoms with van der Waals surface area (Å²) in [6.45, 7) is 4.90. The molecule has 0 heterocycles. The number of rotatable bonds is 4. The molecule has 0 bridgehead atoms. The molecule has 0 saturated heterocycles. The summed E-state index contributed by atoms with van der Waals surface area (Å²) >= 11 is 0. The topological polar surface area (TPSA) is 18.5 Å². The highest BCUT2D eigenvalue weighted by atomic mass is 16.5. The number of hydrogen-bond acceptors (Lipinski definition) is 2. The molecule has 2 nitrogen and oxygen atoms in total. The van der Waals surface area contributed by atoms with Crippen molar-refractivity contribution in [2.45, 2.75) is 21.1 Å². The van der Waals surface area contributed by atoms with Crippen molar-refractivity contribution in [1.82, 2.24) is 0 Å². The van der Waals surface area contributed by atoms with Gasteiger partial charge in [0, 0.05) is 0 Å². The maximum Gasteiger partial charge on any atom is 0.169 e. The number of benzene rings is 2. The van der Waals surface area contributed by atoms with E-state index in [0.717, 1.165) is 17.2 Å². The summed E-state index contributed by atoms with van der Waals surface area (Å²) in [6.07, 6.45) is 0. The van der Waals surface area contributed by atoms with Crippen LogP contribution in [0.2, 0.25) is 13.6 Å². The molecule has 0 unspecified atom stereocenters. The minimum Gasteiger partial charge on any atom is -0.497 e. The minimum absolute atomic E-state index is 0. The van der Waals surface area contributed by atoms with Gasteiger partial charge in [0.25, 0.3) is 0 Å². The number of ether oxygens (including phenoxy) is 2. The second-order valence-electron chi connectivity index (χ2n) is 4.50. The molecule has 0 saturated carbocycles. The van der Waals surface area contributed by atoms with E-state index in [4.69, 9.17) is 9.47 Å². The normalized spacial score (nSPS) is 9.42. The zero-order valence-electron chi connectivity index (χ0n) is 11.0.